The van der Waals surface area contributed by atoms with Crippen molar-refractivity contribution < 1.29 is 14.4 Å². The van der Waals surface area contributed by atoms with E-state index in [2.05, 4.69) is 38.4 Å². The van der Waals surface area contributed by atoms with Gasteiger partial charge in [0.1, 0.15) is 6.04 Å². The number of nitrogens with zero attached hydrogens (tertiary/aromatic N) is 2. The van der Waals surface area contributed by atoms with E-state index in [1.807, 2.05) is 25.1 Å². The molecule has 0 saturated carbocycles. The second kappa shape index (κ2) is 8.39. The van der Waals surface area contributed by atoms with Gasteiger partial charge in [0, 0.05) is 34.9 Å². The third-order valence-corrected chi connectivity index (χ3v) is 5.80. The van der Waals surface area contributed by atoms with Crippen molar-refractivity contribution in [2.24, 2.45) is 0 Å². The first kappa shape index (κ1) is 19.8. The monoisotopic (exact) mass is 436 g/mol. The average Bonchev–Trinajstić information content (AvgIpc) is 3.22. The van der Waals surface area contributed by atoms with Crippen LogP contribution in [-0.4, -0.2) is 54.8 Å². The van der Waals surface area contributed by atoms with Crippen LogP contribution >= 0.6 is 15.9 Å². The molecule has 1 fully saturated rings. The molecule has 2 heterocycles. The second-order valence-corrected chi connectivity index (χ2v) is 7.74. The number of carbonyl (C=O) groups excluding carboxylic acids is 3. The molecule has 0 aliphatic carbocycles. The van der Waals surface area contributed by atoms with Gasteiger partial charge in [0.15, 0.2) is 0 Å². The molecule has 2 aliphatic rings. The molecular formula is C19H25BrN4O3. The fourth-order valence-corrected chi connectivity index (χ4v) is 4.28. The van der Waals surface area contributed by atoms with Crippen molar-refractivity contribution in [1.29, 1.82) is 0 Å². The number of halogens is 1. The number of likely N-dealkylation sites (N-methyl/N-ethyl adjacent to an activating group) is 2. The minimum Gasteiger partial charge on any atom is -0.346 e. The highest BCUT2D eigenvalue weighted by molar-refractivity contribution is 9.10. The number of nitrogens with one attached hydrogen (secondary N) is 2. The Kier molecular flexibility index (Phi) is 6.16. The van der Waals surface area contributed by atoms with Crippen LogP contribution in [0.5, 0.6) is 0 Å². The van der Waals surface area contributed by atoms with E-state index in [-0.39, 0.29) is 11.9 Å². The molecule has 0 bridgehead atoms. The minimum absolute atomic E-state index is 0.222. The van der Waals surface area contributed by atoms with Crippen LogP contribution in [0.1, 0.15) is 38.3 Å². The normalized spacial score (nSPS) is 22.0. The lowest BCUT2D eigenvalue weighted by atomic mass is 10.1. The van der Waals surface area contributed by atoms with Crippen LogP contribution in [0.15, 0.2) is 22.7 Å². The predicted molar refractivity (Wildman–Crippen MR) is 106 cm³/mol. The minimum atomic E-state index is -0.839. The van der Waals surface area contributed by atoms with Crippen LogP contribution in [-0.2, 0) is 14.4 Å². The lowest BCUT2D eigenvalue weighted by Crippen LogP contribution is -2.47. The van der Waals surface area contributed by atoms with Crippen LogP contribution in [0.2, 0.25) is 0 Å². The molecule has 146 valence electrons. The Morgan fingerprint density at radius 3 is 2.70 bits per heavy atom. The van der Waals surface area contributed by atoms with Gasteiger partial charge in [-0.05, 0) is 51.1 Å². The van der Waals surface area contributed by atoms with Gasteiger partial charge in [-0.3, -0.25) is 19.3 Å². The van der Waals surface area contributed by atoms with Gasteiger partial charge in [0.25, 0.3) is 5.91 Å². The first-order valence-electron chi connectivity index (χ1n) is 9.39. The summed E-state index contributed by atoms with van der Waals surface area (Å²) in [5.74, 6) is -1.70. The molecule has 0 radical (unpaired) electrons. The molecule has 1 aromatic carbocycles. The molecule has 0 spiro atoms. The predicted octanol–water partition coefficient (Wildman–Crippen LogP) is 1.57. The number of anilines is 1. The molecule has 27 heavy (non-hydrogen) atoms. The van der Waals surface area contributed by atoms with Crippen LogP contribution in [0.3, 0.4) is 0 Å². The summed E-state index contributed by atoms with van der Waals surface area (Å²) in [6.07, 6.45) is 2.12. The van der Waals surface area contributed by atoms with Crippen LogP contribution in [0, 0.1) is 0 Å². The first-order valence-corrected chi connectivity index (χ1v) is 10.2. The van der Waals surface area contributed by atoms with Crippen LogP contribution < -0.4 is 15.5 Å². The number of fused-ring (bicyclic) bond motifs is 1. The number of likely N-dealkylation sites (tertiary alicyclic amines) is 1. The van der Waals surface area contributed by atoms with E-state index in [9.17, 15) is 14.4 Å². The average molecular weight is 437 g/mol. The smallest absolute Gasteiger partial charge is 0.310 e. The second-order valence-electron chi connectivity index (χ2n) is 6.83. The topological polar surface area (TPSA) is 81.8 Å². The van der Waals surface area contributed by atoms with E-state index in [0.29, 0.717) is 18.7 Å². The van der Waals surface area contributed by atoms with Gasteiger partial charge in [-0.2, -0.15) is 0 Å². The van der Waals surface area contributed by atoms with Gasteiger partial charge >= 0.3 is 11.8 Å². The Labute approximate surface area is 167 Å². The molecule has 7 nitrogen and oxygen atoms in total. The lowest BCUT2D eigenvalue weighted by molar-refractivity contribution is -0.140. The van der Waals surface area contributed by atoms with Crippen molar-refractivity contribution in [3.63, 3.8) is 0 Å². The van der Waals surface area contributed by atoms with E-state index in [4.69, 9.17) is 0 Å². The van der Waals surface area contributed by atoms with E-state index in [1.54, 1.807) is 4.90 Å². The zero-order valence-corrected chi connectivity index (χ0v) is 17.2. The van der Waals surface area contributed by atoms with Gasteiger partial charge in [-0.1, -0.05) is 22.9 Å². The van der Waals surface area contributed by atoms with Crippen LogP contribution in [0.25, 0.3) is 0 Å². The van der Waals surface area contributed by atoms with Crippen molar-refractivity contribution in [2.45, 2.75) is 38.8 Å². The van der Waals surface area contributed by atoms with Crippen molar-refractivity contribution in [1.82, 2.24) is 15.5 Å². The maximum absolute atomic E-state index is 12.7. The lowest BCUT2D eigenvalue weighted by Gasteiger charge is -2.22. The van der Waals surface area contributed by atoms with E-state index < -0.39 is 17.9 Å². The Bertz CT molecular complexity index is 754. The summed E-state index contributed by atoms with van der Waals surface area (Å²) in [5, 5.41) is 5.31. The van der Waals surface area contributed by atoms with Gasteiger partial charge in [-0.15, -0.1) is 0 Å². The third-order valence-electron chi connectivity index (χ3n) is 5.31. The zero-order chi connectivity index (χ0) is 19.6. The molecule has 8 heteroatoms. The number of rotatable bonds is 5. The summed E-state index contributed by atoms with van der Waals surface area (Å²) in [6.45, 7) is 6.87. The maximum Gasteiger partial charge on any atom is 0.310 e. The van der Waals surface area contributed by atoms with Crippen molar-refractivity contribution in [3.8, 4) is 0 Å². The van der Waals surface area contributed by atoms with Gasteiger partial charge in [0.05, 0.1) is 0 Å². The number of hydrogen-bond acceptors (Lipinski definition) is 4. The summed E-state index contributed by atoms with van der Waals surface area (Å²) < 4.78 is 0.816. The standard InChI is InChI=1S/C19H25BrN4O3/c1-3-23-9-5-6-13(23)11-21-17(25)18(26)22-16-14-10-12(20)7-8-15(14)24(4-2)19(16)27/h7-8,10,13,16H,3-6,9,11H2,1-2H3,(H,21,25)(H,22,26)/t13-,16-/m0/s1. The molecule has 2 aliphatic heterocycles. The molecule has 2 N–H and O–H groups in total. The highest BCUT2D eigenvalue weighted by Crippen LogP contribution is 2.37. The molecule has 3 amide bonds. The Hall–Kier alpha value is -1.93. The fourth-order valence-electron chi connectivity index (χ4n) is 3.91. The fraction of sp³-hybridized carbons (Fsp3) is 0.526. The molecule has 3 rings (SSSR count). The number of benzene rings is 1. The molecule has 1 aromatic rings. The Morgan fingerprint density at radius 1 is 1.22 bits per heavy atom. The first-order chi connectivity index (χ1) is 13.0. The van der Waals surface area contributed by atoms with Crippen molar-refractivity contribution in [3.05, 3.63) is 28.2 Å². The summed E-state index contributed by atoms with van der Waals surface area (Å²) in [5.41, 5.74) is 1.46. The highest BCUT2D eigenvalue weighted by Gasteiger charge is 2.38. The highest BCUT2D eigenvalue weighted by atomic mass is 79.9. The largest absolute Gasteiger partial charge is 0.346 e. The maximum atomic E-state index is 12.7. The summed E-state index contributed by atoms with van der Waals surface area (Å²) in [6, 6.07) is 4.93. The quantitative estimate of drug-likeness (QED) is 0.686. The zero-order valence-electron chi connectivity index (χ0n) is 15.6. The Balaban J connectivity index is 1.64. The molecule has 2 atom stereocenters. The van der Waals surface area contributed by atoms with E-state index in [1.165, 1.54) is 0 Å². The van der Waals surface area contributed by atoms with Crippen molar-refractivity contribution >= 4 is 39.3 Å². The van der Waals surface area contributed by atoms with Crippen molar-refractivity contribution in [2.75, 3.05) is 31.1 Å². The van der Waals surface area contributed by atoms with Crippen LogP contribution in [0.4, 0.5) is 5.69 Å². The molecule has 0 aromatic heterocycles. The van der Waals surface area contributed by atoms with Gasteiger partial charge < -0.3 is 15.5 Å². The summed E-state index contributed by atoms with van der Waals surface area (Å²) >= 11 is 3.40. The number of hydrogen-bond donors (Lipinski definition) is 2. The van der Waals surface area contributed by atoms with E-state index in [0.717, 1.165) is 36.1 Å². The molecule has 1 saturated heterocycles. The molecular weight excluding hydrogens is 412 g/mol. The molecule has 0 unspecified atom stereocenters. The van der Waals surface area contributed by atoms with Gasteiger partial charge in [-0.25, -0.2) is 0 Å². The number of carbonyl (C=O) groups is 3. The van der Waals surface area contributed by atoms with Gasteiger partial charge in [0.2, 0.25) is 0 Å². The summed E-state index contributed by atoms with van der Waals surface area (Å²) in [4.78, 5) is 41.2. The Morgan fingerprint density at radius 2 is 2.00 bits per heavy atom. The SMILES string of the molecule is CCN1C(=O)[C@@H](NC(=O)C(=O)NC[C@@H]2CCCN2CC)c2cc(Br)ccc21. The summed E-state index contributed by atoms with van der Waals surface area (Å²) in [7, 11) is 0. The number of amides is 3. The van der Waals surface area contributed by atoms with E-state index >= 15 is 0 Å². The third kappa shape index (κ3) is 4.01.